The van der Waals surface area contributed by atoms with Gasteiger partial charge in [-0.1, -0.05) is 32.2 Å². The lowest BCUT2D eigenvalue weighted by Crippen LogP contribution is -2.11. The summed E-state index contributed by atoms with van der Waals surface area (Å²) in [4.78, 5) is 4.21. The smallest absolute Gasteiger partial charge is 0.232 e. The SMILES string of the molecule is [B]CCc1noc(C(C)(C)C)n1. The van der Waals surface area contributed by atoms with Gasteiger partial charge in [0.15, 0.2) is 5.82 Å². The van der Waals surface area contributed by atoms with Crippen LogP contribution in [0.1, 0.15) is 32.5 Å². The molecule has 0 atom stereocenters. The molecule has 0 fully saturated rings. The van der Waals surface area contributed by atoms with Gasteiger partial charge >= 0.3 is 0 Å². The lowest BCUT2D eigenvalue weighted by atomic mass is 9.97. The Morgan fingerprint density at radius 2 is 2.08 bits per heavy atom. The van der Waals surface area contributed by atoms with Crippen molar-refractivity contribution in [2.24, 2.45) is 0 Å². The van der Waals surface area contributed by atoms with Crippen LogP contribution in [0.25, 0.3) is 0 Å². The van der Waals surface area contributed by atoms with Crippen LogP contribution in [0.2, 0.25) is 6.32 Å². The molecule has 12 heavy (non-hydrogen) atoms. The molecule has 0 aliphatic heterocycles. The fraction of sp³-hybridized carbons (Fsp3) is 0.750. The standard InChI is InChI=1S/C8H13BN2O/c1-8(2,3)7-10-6(4-5-9)11-12-7/h4-5H2,1-3H3. The van der Waals surface area contributed by atoms with Crippen LogP contribution in [0.4, 0.5) is 0 Å². The van der Waals surface area contributed by atoms with E-state index in [9.17, 15) is 0 Å². The second kappa shape index (κ2) is 3.29. The third-order valence-electron chi connectivity index (χ3n) is 1.48. The molecule has 64 valence electrons. The quantitative estimate of drug-likeness (QED) is 0.621. The molecule has 1 rings (SSSR count). The zero-order valence-corrected chi connectivity index (χ0v) is 7.79. The highest BCUT2D eigenvalue weighted by molar-refractivity contribution is 6.08. The fourth-order valence-electron chi connectivity index (χ4n) is 0.789. The van der Waals surface area contributed by atoms with E-state index in [1.54, 1.807) is 0 Å². The molecule has 0 unspecified atom stereocenters. The predicted octanol–water partition coefficient (Wildman–Crippen LogP) is 1.50. The molecule has 0 aliphatic rings. The predicted molar refractivity (Wildman–Crippen MR) is 47.3 cm³/mol. The zero-order chi connectivity index (χ0) is 9.19. The van der Waals surface area contributed by atoms with Crippen LogP contribution < -0.4 is 0 Å². The summed E-state index contributed by atoms with van der Waals surface area (Å²) < 4.78 is 5.06. The molecule has 0 saturated heterocycles. The summed E-state index contributed by atoms with van der Waals surface area (Å²) in [6.07, 6.45) is 1.24. The number of rotatable bonds is 2. The Kier molecular flexibility index (Phi) is 2.55. The van der Waals surface area contributed by atoms with Crippen molar-refractivity contribution in [3.05, 3.63) is 11.7 Å². The van der Waals surface area contributed by atoms with Gasteiger partial charge < -0.3 is 4.52 Å². The first-order valence-corrected chi connectivity index (χ1v) is 4.07. The Labute approximate surface area is 74.0 Å². The van der Waals surface area contributed by atoms with Crippen molar-refractivity contribution >= 4 is 7.85 Å². The van der Waals surface area contributed by atoms with Crippen molar-refractivity contribution in [3.63, 3.8) is 0 Å². The molecule has 1 heterocycles. The number of hydrogen-bond donors (Lipinski definition) is 0. The zero-order valence-electron chi connectivity index (χ0n) is 7.79. The lowest BCUT2D eigenvalue weighted by Gasteiger charge is -2.10. The molecule has 0 spiro atoms. The number of nitrogens with zero attached hydrogens (tertiary/aromatic N) is 2. The van der Waals surface area contributed by atoms with E-state index in [-0.39, 0.29) is 5.41 Å². The molecule has 2 radical (unpaired) electrons. The highest BCUT2D eigenvalue weighted by Gasteiger charge is 2.21. The normalized spacial score (nSPS) is 11.9. The molecule has 0 saturated carbocycles. The molecular weight excluding hydrogens is 151 g/mol. The topological polar surface area (TPSA) is 38.9 Å². The molecule has 3 nitrogen and oxygen atoms in total. The molecular formula is C8H13BN2O. The van der Waals surface area contributed by atoms with E-state index in [1.807, 2.05) is 20.8 Å². The van der Waals surface area contributed by atoms with Gasteiger partial charge in [0.05, 0.1) is 7.85 Å². The van der Waals surface area contributed by atoms with E-state index in [0.717, 1.165) is 0 Å². The van der Waals surface area contributed by atoms with Crippen molar-refractivity contribution in [2.75, 3.05) is 0 Å². The maximum atomic E-state index is 5.36. The minimum Gasteiger partial charge on any atom is -0.339 e. The Bertz CT molecular complexity index is 252. The molecule has 4 heteroatoms. The summed E-state index contributed by atoms with van der Waals surface area (Å²) in [5.41, 5.74) is -0.0696. The highest BCUT2D eigenvalue weighted by Crippen LogP contribution is 2.19. The lowest BCUT2D eigenvalue weighted by molar-refractivity contribution is 0.318. The van der Waals surface area contributed by atoms with Gasteiger partial charge in [-0.3, -0.25) is 0 Å². The molecule has 0 aliphatic carbocycles. The number of aryl methyl sites for hydroxylation is 1. The molecule has 0 bridgehead atoms. The van der Waals surface area contributed by atoms with Crippen LogP contribution >= 0.6 is 0 Å². The Balaban J connectivity index is 2.77. The Hall–Kier alpha value is -0.795. The average Bonchev–Trinajstić information content (AvgIpc) is 2.35. The van der Waals surface area contributed by atoms with Gasteiger partial charge in [0.2, 0.25) is 5.89 Å². The third kappa shape index (κ3) is 2.09. The van der Waals surface area contributed by atoms with E-state index in [1.165, 1.54) is 0 Å². The van der Waals surface area contributed by atoms with E-state index in [4.69, 9.17) is 12.4 Å². The first kappa shape index (κ1) is 9.29. The van der Waals surface area contributed by atoms with Gasteiger partial charge in [0.1, 0.15) is 0 Å². The van der Waals surface area contributed by atoms with E-state index < -0.39 is 0 Å². The molecule has 0 amide bonds. The van der Waals surface area contributed by atoms with Gasteiger partial charge in [-0.25, -0.2) is 0 Å². The largest absolute Gasteiger partial charge is 0.339 e. The van der Waals surface area contributed by atoms with Crippen molar-refractivity contribution in [3.8, 4) is 0 Å². The monoisotopic (exact) mass is 164 g/mol. The minimum absolute atomic E-state index is 0.0696. The van der Waals surface area contributed by atoms with Crippen LogP contribution in [-0.2, 0) is 11.8 Å². The van der Waals surface area contributed by atoms with Crippen LogP contribution in [0.15, 0.2) is 4.52 Å². The highest BCUT2D eigenvalue weighted by atomic mass is 16.5. The van der Waals surface area contributed by atoms with E-state index >= 15 is 0 Å². The first-order chi connectivity index (χ1) is 5.54. The van der Waals surface area contributed by atoms with Gasteiger partial charge in [-0.15, -0.1) is 0 Å². The first-order valence-electron chi connectivity index (χ1n) is 4.07. The average molecular weight is 164 g/mol. The molecule has 0 N–H and O–H groups in total. The molecule has 0 aromatic carbocycles. The molecule has 1 aromatic rings. The summed E-state index contributed by atoms with van der Waals surface area (Å²) in [6, 6.07) is 0. The summed E-state index contributed by atoms with van der Waals surface area (Å²) in [5.74, 6) is 1.37. The summed E-state index contributed by atoms with van der Waals surface area (Å²) >= 11 is 0. The molecule has 1 aromatic heterocycles. The minimum atomic E-state index is -0.0696. The second-order valence-electron chi connectivity index (χ2n) is 3.80. The maximum Gasteiger partial charge on any atom is 0.232 e. The fourth-order valence-corrected chi connectivity index (χ4v) is 0.789. The number of aromatic nitrogens is 2. The van der Waals surface area contributed by atoms with Crippen LogP contribution in [0, 0.1) is 0 Å². The second-order valence-corrected chi connectivity index (χ2v) is 3.80. The third-order valence-corrected chi connectivity index (χ3v) is 1.48. The van der Waals surface area contributed by atoms with Crippen molar-refractivity contribution in [1.82, 2.24) is 10.1 Å². The van der Waals surface area contributed by atoms with Gasteiger partial charge in [0.25, 0.3) is 0 Å². The van der Waals surface area contributed by atoms with Crippen LogP contribution in [0.5, 0.6) is 0 Å². The van der Waals surface area contributed by atoms with Gasteiger partial charge in [0, 0.05) is 11.8 Å². The van der Waals surface area contributed by atoms with E-state index in [0.29, 0.717) is 24.5 Å². The van der Waals surface area contributed by atoms with Crippen molar-refractivity contribution < 1.29 is 4.52 Å². The van der Waals surface area contributed by atoms with Gasteiger partial charge in [-0.05, 0) is 0 Å². The summed E-state index contributed by atoms with van der Waals surface area (Å²) in [6.45, 7) is 6.10. The van der Waals surface area contributed by atoms with Crippen LogP contribution in [0.3, 0.4) is 0 Å². The van der Waals surface area contributed by atoms with Crippen molar-refractivity contribution in [1.29, 1.82) is 0 Å². The van der Waals surface area contributed by atoms with Crippen LogP contribution in [-0.4, -0.2) is 18.0 Å². The Morgan fingerprint density at radius 3 is 2.50 bits per heavy atom. The maximum absolute atomic E-state index is 5.36. The number of hydrogen-bond acceptors (Lipinski definition) is 3. The van der Waals surface area contributed by atoms with E-state index in [2.05, 4.69) is 10.1 Å². The summed E-state index contributed by atoms with van der Waals surface area (Å²) in [5, 5.41) is 3.81. The van der Waals surface area contributed by atoms with Crippen molar-refractivity contribution in [2.45, 2.75) is 38.9 Å². The summed E-state index contributed by atoms with van der Waals surface area (Å²) in [7, 11) is 5.36. The Morgan fingerprint density at radius 1 is 1.42 bits per heavy atom. The van der Waals surface area contributed by atoms with Gasteiger partial charge in [-0.2, -0.15) is 4.98 Å².